The fourth-order valence-corrected chi connectivity index (χ4v) is 1.48. The van der Waals surface area contributed by atoms with E-state index in [1.807, 2.05) is 0 Å². The van der Waals surface area contributed by atoms with Gasteiger partial charge in [0.1, 0.15) is 0 Å². The zero-order valence-corrected chi connectivity index (χ0v) is 11.8. The van der Waals surface area contributed by atoms with E-state index in [1.165, 1.54) is 0 Å². The average Bonchev–Trinajstić information content (AvgIpc) is 2.45. The van der Waals surface area contributed by atoms with Gasteiger partial charge in [-0.1, -0.05) is 30.7 Å². The minimum Gasteiger partial charge on any atom is -0.325 e. The van der Waals surface area contributed by atoms with Crippen LogP contribution in [-0.4, -0.2) is 17.7 Å². The molecule has 0 saturated heterocycles. The summed E-state index contributed by atoms with van der Waals surface area (Å²) in [6.07, 6.45) is 0.243. The Balaban J connectivity index is 2.31. The van der Waals surface area contributed by atoms with Crippen LogP contribution < -0.4 is 16.2 Å². The van der Waals surface area contributed by atoms with Crippen molar-refractivity contribution in [2.45, 2.75) is 26.2 Å². The van der Waals surface area contributed by atoms with Crippen molar-refractivity contribution in [3.05, 3.63) is 29.3 Å². The third-order valence-corrected chi connectivity index (χ3v) is 2.72. The minimum absolute atomic E-state index is 0.000940. The number of carbonyl (C=O) groups is 3. The highest BCUT2D eigenvalue weighted by atomic mass is 35.5. The van der Waals surface area contributed by atoms with Crippen LogP contribution in [0.5, 0.6) is 0 Å². The van der Waals surface area contributed by atoms with E-state index in [1.54, 1.807) is 31.2 Å². The number of rotatable bonds is 5. The summed E-state index contributed by atoms with van der Waals surface area (Å²) in [6, 6.07) is 6.82. The summed E-state index contributed by atoms with van der Waals surface area (Å²) in [4.78, 5) is 33.9. The summed E-state index contributed by atoms with van der Waals surface area (Å²) in [5, 5.41) is 3.03. The molecule has 0 heterocycles. The molecule has 0 unspecified atom stereocenters. The number of nitrogens with one attached hydrogen (secondary N) is 3. The molecule has 0 fully saturated rings. The maximum absolute atomic E-state index is 11.6. The van der Waals surface area contributed by atoms with Crippen LogP contribution in [0.3, 0.4) is 0 Å². The van der Waals surface area contributed by atoms with Gasteiger partial charge in [0.05, 0.1) is 10.7 Å². The number of halogens is 1. The van der Waals surface area contributed by atoms with Crippen LogP contribution in [0, 0.1) is 0 Å². The molecular formula is C13H16ClN3O3. The van der Waals surface area contributed by atoms with Gasteiger partial charge in [0.2, 0.25) is 17.7 Å². The van der Waals surface area contributed by atoms with Crippen molar-refractivity contribution in [1.82, 2.24) is 10.9 Å². The Hall–Kier alpha value is -2.08. The van der Waals surface area contributed by atoms with Gasteiger partial charge < -0.3 is 5.32 Å². The fraction of sp³-hybridized carbons (Fsp3) is 0.308. The highest BCUT2D eigenvalue weighted by molar-refractivity contribution is 6.33. The van der Waals surface area contributed by atoms with Gasteiger partial charge >= 0.3 is 0 Å². The van der Waals surface area contributed by atoms with Crippen molar-refractivity contribution in [3.63, 3.8) is 0 Å². The Bertz CT molecular complexity index is 505. The van der Waals surface area contributed by atoms with Crippen LogP contribution >= 0.6 is 11.6 Å². The second kappa shape index (κ2) is 8.16. The molecule has 0 aliphatic carbocycles. The number of benzene rings is 1. The molecular weight excluding hydrogens is 282 g/mol. The molecule has 3 N–H and O–H groups in total. The lowest BCUT2D eigenvalue weighted by Crippen LogP contribution is -2.41. The number of hydrogen-bond acceptors (Lipinski definition) is 3. The normalized spacial score (nSPS) is 9.70. The van der Waals surface area contributed by atoms with Crippen LogP contribution in [-0.2, 0) is 14.4 Å². The molecule has 0 atom stereocenters. The molecule has 0 spiro atoms. The Kier molecular flexibility index (Phi) is 6.52. The second-order valence-electron chi connectivity index (χ2n) is 3.98. The maximum atomic E-state index is 11.6. The molecule has 1 aromatic carbocycles. The van der Waals surface area contributed by atoms with E-state index in [9.17, 15) is 14.4 Å². The summed E-state index contributed by atoms with van der Waals surface area (Å²) < 4.78 is 0. The summed E-state index contributed by atoms with van der Waals surface area (Å²) in [5.74, 6) is -1.05. The number of anilines is 1. The van der Waals surface area contributed by atoms with Gasteiger partial charge in [-0.15, -0.1) is 0 Å². The highest BCUT2D eigenvalue weighted by Gasteiger charge is 2.09. The maximum Gasteiger partial charge on any atom is 0.238 e. The van der Waals surface area contributed by atoms with Crippen molar-refractivity contribution in [2.75, 3.05) is 5.32 Å². The number of para-hydroxylation sites is 1. The van der Waals surface area contributed by atoms with Crippen LogP contribution in [0.2, 0.25) is 5.02 Å². The largest absolute Gasteiger partial charge is 0.325 e. The monoisotopic (exact) mass is 297 g/mol. The molecule has 7 heteroatoms. The zero-order valence-electron chi connectivity index (χ0n) is 11.0. The van der Waals surface area contributed by atoms with Crippen LogP contribution in [0.1, 0.15) is 26.2 Å². The van der Waals surface area contributed by atoms with Crippen molar-refractivity contribution in [2.24, 2.45) is 0 Å². The molecule has 1 aromatic rings. The Morgan fingerprint density at radius 3 is 2.25 bits per heavy atom. The molecule has 108 valence electrons. The third-order valence-electron chi connectivity index (χ3n) is 2.39. The van der Waals surface area contributed by atoms with Gasteiger partial charge in [-0.05, 0) is 12.1 Å². The molecule has 0 aliphatic heterocycles. The van der Waals surface area contributed by atoms with E-state index in [0.29, 0.717) is 10.7 Å². The van der Waals surface area contributed by atoms with Gasteiger partial charge in [0.15, 0.2) is 0 Å². The topological polar surface area (TPSA) is 87.3 Å². The summed E-state index contributed by atoms with van der Waals surface area (Å²) in [6.45, 7) is 1.67. The van der Waals surface area contributed by atoms with Crippen molar-refractivity contribution >= 4 is 35.0 Å². The third kappa shape index (κ3) is 5.71. The van der Waals surface area contributed by atoms with Gasteiger partial charge in [0, 0.05) is 19.3 Å². The van der Waals surface area contributed by atoms with E-state index in [-0.39, 0.29) is 31.1 Å². The first-order chi connectivity index (χ1) is 9.52. The summed E-state index contributed by atoms with van der Waals surface area (Å²) >= 11 is 5.89. The molecule has 6 nitrogen and oxygen atoms in total. The molecule has 1 rings (SSSR count). The van der Waals surface area contributed by atoms with Crippen LogP contribution in [0.25, 0.3) is 0 Å². The van der Waals surface area contributed by atoms with Gasteiger partial charge in [-0.2, -0.15) is 0 Å². The van der Waals surface area contributed by atoms with Crippen molar-refractivity contribution in [3.8, 4) is 0 Å². The predicted octanol–water partition coefficient (Wildman–Crippen LogP) is 1.62. The second-order valence-corrected chi connectivity index (χ2v) is 4.39. The first kappa shape index (κ1) is 16.0. The summed E-state index contributed by atoms with van der Waals surface area (Å²) in [5.41, 5.74) is 4.94. The Morgan fingerprint density at radius 1 is 1.00 bits per heavy atom. The van der Waals surface area contributed by atoms with E-state index in [2.05, 4.69) is 16.2 Å². The smallest absolute Gasteiger partial charge is 0.238 e. The Labute approximate surface area is 121 Å². The van der Waals surface area contributed by atoms with Gasteiger partial charge in [0.25, 0.3) is 0 Å². The van der Waals surface area contributed by atoms with Gasteiger partial charge in [-0.25, -0.2) is 0 Å². The first-order valence-electron chi connectivity index (χ1n) is 6.15. The lowest BCUT2D eigenvalue weighted by atomic mass is 10.2. The molecule has 0 radical (unpaired) electrons. The average molecular weight is 298 g/mol. The number of amides is 3. The molecule has 20 heavy (non-hydrogen) atoms. The molecule has 0 aliphatic rings. The Morgan fingerprint density at radius 2 is 1.60 bits per heavy atom. The lowest BCUT2D eigenvalue weighted by molar-refractivity contribution is -0.129. The number of hydrazine groups is 1. The van der Waals surface area contributed by atoms with E-state index in [0.717, 1.165) is 0 Å². The highest BCUT2D eigenvalue weighted by Crippen LogP contribution is 2.20. The quantitative estimate of drug-likeness (QED) is 0.722. The molecule has 3 amide bonds. The van der Waals surface area contributed by atoms with Crippen molar-refractivity contribution < 1.29 is 14.4 Å². The van der Waals surface area contributed by atoms with Gasteiger partial charge in [-0.3, -0.25) is 25.2 Å². The van der Waals surface area contributed by atoms with Crippen LogP contribution in [0.4, 0.5) is 5.69 Å². The van der Waals surface area contributed by atoms with E-state index >= 15 is 0 Å². The molecule has 0 saturated carbocycles. The SMILES string of the molecule is CCC(=O)NNC(=O)CCC(=O)Nc1ccccc1Cl. The fourth-order valence-electron chi connectivity index (χ4n) is 1.29. The molecule has 0 bridgehead atoms. The number of carbonyl (C=O) groups excluding carboxylic acids is 3. The standard InChI is InChI=1S/C13H16ClN3O3/c1-2-11(18)16-17-13(20)8-7-12(19)15-10-6-4-3-5-9(10)14/h3-6H,2,7-8H2,1H3,(H,15,19)(H,16,18)(H,17,20). The molecule has 0 aromatic heterocycles. The van der Waals surface area contributed by atoms with E-state index in [4.69, 9.17) is 11.6 Å². The van der Waals surface area contributed by atoms with Crippen LogP contribution in [0.15, 0.2) is 24.3 Å². The lowest BCUT2D eigenvalue weighted by Gasteiger charge is -2.08. The summed E-state index contributed by atoms with van der Waals surface area (Å²) in [7, 11) is 0. The first-order valence-corrected chi connectivity index (χ1v) is 6.52. The zero-order chi connectivity index (χ0) is 15.0. The predicted molar refractivity (Wildman–Crippen MR) is 75.9 cm³/mol. The number of hydrogen-bond donors (Lipinski definition) is 3. The van der Waals surface area contributed by atoms with E-state index < -0.39 is 5.91 Å². The minimum atomic E-state index is -0.430. The van der Waals surface area contributed by atoms with Crippen molar-refractivity contribution in [1.29, 1.82) is 0 Å².